The van der Waals surface area contributed by atoms with E-state index in [4.69, 9.17) is 4.74 Å². The molecule has 102 valence electrons. The van der Waals surface area contributed by atoms with Gasteiger partial charge in [0.1, 0.15) is 13.1 Å². The van der Waals surface area contributed by atoms with Crippen LogP contribution in [0.3, 0.4) is 0 Å². The van der Waals surface area contributed by atoms with Gasteiger partial charge in [0.25, 0.3) is 0 Å². The van der Waals surface area contributed by atoms with E-state index in [9.17, 15) is 0 Å². The van der Waals surface area contributed by atoms with E-state index in [0.717, 1.165) is 26.3 Å². The van der Waals surface area contributed by atoms with Crippen LogP contribution in [0.5, 0.6) is 0 Å². The van der Waals surface area contributed by atoms with E-state index >= 15 is 0 Å². The lowest BCUT2D eigenvalue weighted by atomic mass is 10.2. The summed E-state index contributed by atoms with van der Waals surface area (Å²) in [5.41, 5.74) is 3.86. The molecule has 0 atom stereocenters. The van der Waals surface area contributed by atoms with Crippen LogP contribution in [0.2, 0.25) is 0 Å². The minimum absolute atomic E-state index is 0.762. The average molecular weight is 259 g/mol. The quantitative estimate of drug-likeness (QED) is 0.443. The molecular formula is C16H23N2O+. The Hall–Kier alpha value is -1.61. The Labute approximate surface area is 115 Å². The van der Waals surface area contributed by atoms with Gasteiger partial charge in [0.15, 0.2) is 11.0 Å². The molecule has 2 rings (SSSR count). The van der Waals surface area contributed by atoms with Gasteiger partial charge in [0.2, 0.25) is 6.33 Å². The summed E-state index contributed by atoms with van der Waals surface area (Å²) in [4.78, 5) is 0. The fourth-order valence-corrected chi connectivity index (χ4v) is 2.25. The molecule has 0 N–H and O–H groups in total. The summed E-state index contributed by atoms with van der Waals surface area (Å²) in [5, 5.41) is 0. The molecule has 3 heteroatoms. The van der Waals surface area contributed by atoms with E-state index < -0.39 is 0 Å². The maximum Gasteiger partial charge on any atom is 0.245 e. The van der Waals surface area contributed by atoms with Gasteiger partial charge in [0.05, 0.1) is 6.61 Å². The van der Waals surface area contributed by atoms with Crippen molar-refractivity contribution in [1.82, 2.24) is 4.57 Å². The first-order valence-corrected chi connectivity index (χ1v) is 6.94. The molecule has 1 heterocycles. The lowest BCUT2D eigenvalue weighted by molar-refractivity contribution is -0.673. The molecule has 0 aliphatic heterocycles. The molecule has 0 aliphatic carbocycles. The molecule has 0 saturated carbocycles. The zero-order chi connectivity index (χ0) is 13.7. The number of aryl methyl sites for hydroxylation is 1. The van der Waals surface area contributed by atoms with Crippen LogP contribution in [0, 0.1) is 6.92 Å². The second-order valence-electron chi connectivity index (χ2n) is 4.72. The van der Waals surface area contributed by atoms with Gasteiger partial charge in [-0.05, 0) is 44.5 Å². The number of ether oxygens (including phenoxy) is 1. The van der Waals surface area contributed by atoms with Crippen molar-refractivity contribution in [3.8, 4) is 0 Å². The van der Waals surface area contributed by atoms with E-state index in [1.54, 1.807) is 0 Å². The van der Waals surface area contributed by atoms with Crippen molar-refractivity contribution >= 4 is 11.0 Å². The number of imidazole rings is 1. The fourth-order valence-electron chi connectivity index (χ4n) is 2.25. The van der Waals surface area contributed by atoms with Crippen LogP contribution in [0.25, 0.3) is 11.0 Å². The van der Waals surface area contributed by atoms with Gasteiger partial charge >= 0.3 is 0 Å². The second-order valence-corrected chi connectivity index (χ2v) is 4.72. The maximum absolute atomic E-state index is 5.46. The van der Waals surface area contributed by atoms with Crippen molar-refractivity contribution in [1.29, 1.82) is 0 Å². The zero-order valence-corrected chi connectivity index (χ0v) is 12.1. The molecule has 0 spiro atoms. The third kappa shape index (κ3) is 3.24. The summed E-state index contributed by atoms with van der Waals surface area (Å²) in [6, 6.07) is 6.61. The maximum atomic E-state index is 5.46. The summed E-state index contributed by atoms with van der Waals surface area (Å²) in [5.74, 6) is 0. The Morgan fingerprint density at radius 3 is 2.95 bits per heavy atom. The number of fused-ring (bicyclic) bond motifs is 1. The SMILES string of the molecule is C/C=C/Cn1c[n+](CCOCC)c2ccc(C)cc21. The van der Waals surface area contributed by atoms with Gasteiger partial charge in [-0.25, -0.2) is 9.13 Å². The number of allylic oxidation sites excluding steroid dienone is 2. The van der Waals surface area contributed by atoms with Gasteiger partial charge < -0.3 is 4.74 Å². The molecule has 0 saturated heterocycles. The van der Waals surface area contributed by atoms with Crippen LogP contribution < -0.4 is 4.57 Å². The van der Waals surface area contributed by atoms with Crippen LogP contribution >= 0.6 is 0 Å². The molecule has 2 aromatic rings. The molecule has 0 unspecified atom stereocenters. The number of aromatic nitrogens is 2. The highest BCUT2D eigenvalue weighted by molar-refractivity contribution is 5.72. The highest BCUT2D eigenvalue weighted by atomic mass is 16.5. The summed E-state index contributed by atoms with van der Waals surface area (Å²) in [6.07, 6.45) is 6.45. The lowest BCUT2D eigenvalue weighted by Gasteiger charge is -1.98. The predicted molar refractivity (Wildman–Crippen MR) is 78.2 cm³/mol. The van der Waals surface area contributed by atoms with Gasteiger partial charge in [-0.3, -0.25) is 0 Å². The van der Waals surface area contributed by atoms with Crippen molar-refractivity contribution in [2.24, 2.45) is 0 Å². The van der Waals surface area contributed by atoms with Crippen molar-refractivity contribution in [2.45, 2.75) is 33.9 Å². The first-order valence-electron chi connectivity index (χ1n) is 6.94. The molecule has 0 aliphatic rings. The van der Waals surface area contributed by atoms with Crippen molar-refractivity contribution in [2.75, 3.05) is 13.2 Å². The predicted octanol–water partition coefficient (Wildman–Crippen LogP) is 2.85. The van der Waals surface area contributed by atoms with E-state index in [0.29, 0.717) is 0 Å². The largest absolute Gasteiger partial charge is 0.378 e. The first-order chi connectivity index (χ1) is 9.26. The molecule has 0 radical (unpaired) electrons. The van der Waals surface area contributed by atoms with Gasteiger partial charge in [-0.15, -0.1) is 0 Å². The zero-order valence-electron chi connectivity index (χ0n) is 12.1. The second kappa shape index (κ2) is 6.53. The first kappa shape index (κ1) is 13.8. The molecule has 3 nitrogen and oxygen atoms in total. The smallest absolute Gasteiger partial charge is 0.245 e. The van der Waals surface area contributed by atoms with Crippen LogP contribution in [0.15, 0.2) is 36.7 Å². The fraction of sp³-hybridized carbons (Fsp3) is 0.438. The van der Waals surface area contributed by atoms with Crippen LogP contribution in [0.1, 0.15) is 19.4 Å². The van der Waals surface area contributed by atoms with Crippen LogP contribution in [0.4, 0.5) is 0 Å². The van der Waals surface area contributed by atoms with Crippen molar-refractivity contribution in [3.63, 3.8) is 0 Å². The van der Waals surface area contributed by atoms with Crippen molar-refractivity contribution in [3.05, 3.63) is 42.2 Å². The Bertz CT molecular complexity index is 569. The van der Waals surface area contributed by atoms with E-state index in [1.807, 2.05) is 6.92 Å². The third-order valence-corrected chi connectivity index (χ3v) is 3.25. The Morgan fingerprint density at radius 1 is 1.37 bits per heavy atom. The molecule has 19 heavy (non-hydrogen) atoms. The van der Waals surface area contributed by atoms with E-state index in [1.165, 1.54) is 16.6 Å². The van der Waals surface area contributed by atoms with E-state index in [-0.39, 0.29) is 0 Å². The average Bonchev–Trinajstić information content (AvgIpc) is 2.74. The molecule has 0 bridgehead atoms. The van der Waals surface area contributed by atoms with Crippen LogP contribution in [-0.2, 0) is 17.8 Å². The van der Waals surface area contributed by atoms with Gasteiger partial charge in [-0.1, -0.05) is 12.1 Å². The summed E-state index contributed by atoms with van der Waals surface area (Å²) >= 11 is 0. The monoisotopic (exact) mass is 259 g/mol. The van der Waals surface area contributed by atoms with Crippen molar-refractivity contribution < 1.29 is 9.30 Å². The highest BCUT2D eigenvalue weighted by Crippen LogP contribution is 2.13. The molecular weight excluding hydrogens is 236 g/mol. The number of hydrogen-bond donors (Lipinski definition) is 0. The standard InChI is InChI=1S/C16H23N2O/c1-4-6-9-17-13-18(10-11-19-5-2)15-8-7-14(3)12-16(15)17/h4,6-8,12-13H,5,9-11H2,1-3H3/q+1/b6-4+. The summed E-state index contributed by atoms with van der Waals surface area (Å²) in [7, 11) is 0. The molecule has 1 aromatic carbocycles. The number of hydrogen-bond acceptors (Lipinski definition) is 1. The number of nitrogens with zero attached hydrogens (tertiary/aromatic N) is 2. The highest BCUT2D eigenvalue weighted by Gasteiger charge is 2.14. The molecule has 0 amide bonds. The van der Waals surface area contributed by atoms with Gasteiger partial charge in [0, 0.05) is 6.61 Å². The molecule has 1 aromatic heterocycles. The number of benzene rings is 1. The minimum atomic E-state index is 0.762. The Morgan fingerprint density at radius 2 is 2.21 bits per heavy atom. The van der Waals surface area contributed by atoms with E-state index in [2.05, 4.69) is 59.7 Å². The van der Waals surface area contributed by atoms with Gasteiger partial charge in [-0.2, -0.15) is 0 Å². The number of rotatable bonds is 6. The summed E-state index contributed by atoms with van der Waals surface area (Å²) in [6.45, 7) is 9.57. The Kier molecular flexibility index (Phi) is 4.74. The topological polar surface area (TPSA) is 18.0 Å². The lowest BCUT2D eigenvalue weighted by Crippen LogP contribution is -2.34. The normalized spacial score (nSPS) is 11.7. The summed E-state index contributed by atoms with van der Waals surface area (Å²) < 4.78 is 10.0. The minimum Gasteiger partial charge on any atom is -0.378 e. The third-order valence-electron chi connectivity index (χ3n) is 3.25. The molecule has 0 fully saturated rings. The Balaban J connectivity index is 2.35. The van der Waals surface area contributed by atoms with Crippen LogP contribution in [-0.4, -0.2) is 17.8 Å².